The first-order valence-corrected chi connectivity index (χ1v) is 5.49. The van der Waals surface area contributed by atoms with E-state index in [9.17, 15) is 0 Å². The summed E-state index contributed by atoms with van der Waals surface area (Å²) in [5.74, 6) is 0.514. The molecule has 0 amide bonds. The summed E-state index contributed by atoms with van der Waals surface area (Å²) >= 11 is 14.8. The quantitative estimate of drug-likeness (QED) is 0.891. The molecule has 0 unspecified atom stereocenters. The van der Waals surface area contributed by atoms with Crippen LogP contribution in [0.5, 0.6) is 0 Å². The van der Waals surface area contributed by atoms with Gasteiger partial charge in [-0.1, -0.05) is 23.2 Å². The molecule has 1 aromatic carbocycles. The lowest BCUT2D eigenvalue weighted by molar-refractivity contribution is 1.07. The molecule has 78 valence electrons. The number of hydrogen-bond acceptors (Lipinski definition) is 3. The molecule has 7 heteroatoms. The van der Waals surface area contributed by atoms with Crippen LogP contribution < -0.4 is 5.32 Å². The predicted octanol–water partition coefficient (Wildman–Crippen LogP) is 3.62. The molecule has 1 heterocycles. The Kier molecular flexibility index (Phi) is 3.14. The van der Waals surface area contributed by atoms with Crippen molar-refractivity contribution in [2.24, 2.45) is 0 Å². The van der Waals surface area contributed by atoms with Gasteiger partial charge in [-0.25, -0.2) is 5.10 Å². The van der Waals surface area contributed by atoms with Crippen LogP contribution in [0, 0.1) is 0 Å². The maximum absolute atomic E-state index is 5.84. The SMILES string of the molecule is Clc1cc(Cl)cc(Nc2nc(Br)n[nH]2)c1. The molecular weight excluding hydrogens is 303 g/mol. The zero-order chi connectivity index (χ0) is 10.8. The molecule has 2 aromatic rings. The van der Waals surface area contributed by atoms with Crippen molar-refractivity contribution in [3.63, 3.8) is 0 Å². The van der Waals surface area contributed by atoms with E-state index in [4.69, 9.17) is 23.2 Å². The Hall–Kier alpha value is -0.780. The lowest BCUT2D eigenvalue weighted by Crippen LogP contribution is -1.92. The first-order chi connectivity index (χ1) is 7.13. The van der Waals surface area contributed by atoms with E-state index in [1.54, 1.807) is 18.2 Å². The highest BCUT2D eigenvalue weighted by Gasteiger charge is 2.02. The summed E-state index contributed by atoms with van der Waals surface area (Å²) < 4.78 is 0.484. The minimum atomic E-state index is 0.484. The maximum Gasteiger partial charge on any atom is 0.223 e. The normalized spacial score (nSPS) is 10.3. The molecule has 0 aliphatic carbocycles. The van der Waals surface area contributed by atoms with Crippen LogP contribution in [-0.2, 0) is 0 Å². The average Bonchev–Trinajstić information content (AvgIpc) is 2.49. The molecule has 0 radical (unpaired) electrons. The monoisotopic (exact) mass is 306 g/mol. The summed E-state index contributed by atoms with van der Waals surface area (Å²) in [6.07, 6.45) is 0. The molecule has 15 heavy (non-hydrogen) atoms. The second kappa shape index (κ2) is 4.38. The topological polar surface area (TPSA) is 53.6 Å². The minimum absolute atomic E-state index is 0.484. The summed E-state index contributed by atoms with van der Waals surface area (Å²) in [6.45, 7) is 0. The second-order valence-corrected chi connectivity index (χ2v) is 4.32. The van der Waals surface area contributed by atoms with Crippen molar-refractivity contribution >= 4 is 50.8 Å². The van der Waals surface area contributed by atoms with Crippen molar-refractivity contribution in [2.75, 3.05) is 5.32 Å². The smallest absolute Gasteiger partial charge is 0.223 e. The van der Waals surface area contributed by atoms with Crippen molar-refractivity contribution < 1.29 is 0 Å². The molecule has 0 bridgehead atoms. The fourth-order valence-corrected chi connectivity index (χ4v) is 1.85. The first kappa shape index (κ1) is 10.7. The number of rotatable bonds is 2. The third-order valence-corrected chi connectivity index (χ3v) is 2.37. The molecule has 0 atom stereocenters. The Labute approximate surface area is 104 Å². The molecule has 0 saturated heterocycles. The Morgan fingerprint density at radius 3 is 2.40 bits per heavy atom. The van der Waals surface area contributed by atoms with Crippen LogP contribution in [0.3, 0.4) is 0 Å². The number of aromatic nitrogens is 3. The van der Waals surface area contributed by atoms with Gasteiger partial charge in [-0.2, -0.15) is 4.98 Å². The van der Waals surface area contributed by atoms with Crippen molar-refractivity contribution in [1.29, 1.82) is 0 Å². The van der Waals surface area contributed by atoms with Crippen LogP contribution in [0.2, 0.25) is 10.0 Å². The first-order valence-electron chi connectivity index (χ1n) is 3.94. The van der Waals surface area contributed by atoms with E-state index in [1.807, 2.05) is 0 Å². The van der Waals surface area contributed by atoms with E-state index in [2.05, 4.69) is 36.4 Å². The fraction of sp³-hybridized carbons (Fsp3) is 0. The number of nitrogens with zero attached hydrogens (tertiary/aromatic N) is 2. The maximum atomic E-state index is 5.84. The van der Waals surface area contributed by atoms with Crippen LogP contribution in [0.4, 0.5) is 11.6 Å². The van der Waals surface area contributed by atoms with Crippen molar-refractivity contribution in [3.05, 3.63) is 33.0 Å². The molecule has 0 fully saturated rings. The predicted molar refractivity (Wildman–Crippen MR) is 63.8 cm³/mol. The van der Waals surface area contributed by atoms with E-state index in [-0.39, 0.29) is 0 Å². The number of halogens is 3. The number of anilines is 2. The number of nitrogens with one attached hydrogen (secondary N) is 2. The summed E-state index contributed by atoms with van der Waals surface area (Å²) in [7, 11) is 0. The largest absolute Gasteiger partial charge is 0.324 e. The van der Waals surface area contributed by atoms with E-state index in [0.717, 1.165) is 5.69 Å². The van der Waals surface area contributed by atoms with Crippen molar-refractivity contribution in [2.45, 2.75) is 0 Å². The molecule has 0 saturated carbocycles. The number of hydrogen-bond donors (Lipinski definition) is 2. The van der Waals surface area contributed by atoms with Gasteiger partial charge in [0.2, 0.25) is 10.7 Å². The van der Waals surface area contributed by atoms with Gasteiger partial charge in [-0.05, 0) is 34.1 Å². The summed E-state index contributed by atoms with van der Waals surface area (Å²) in [6, 6.07) is 5.14. The Bertz CT molecular complexity index is 465. The van der Waals surface area contributed by atoms with Gasteiger partial charge in [-0.3, -0.25) is 0 Å². The molecule has 4 nitrogen and oxygen atoms in total. The Balaban J connectivity index is 2.24. The number of aromatic amines is 1. The van der Waals surface area contributed by atoms with E-state index < -0.39 is 0 Å². The van der Waals surface area contributed by atoms with Gasteiger partial charge in [0.1, 0.15) is 0 Å². The third kappa shape index (κ3) is 2.84. The van der Waals surface area contributed by atoms with Crippen LogP contribution >= 0.6 is 39.1 Å². The zero-order valence-electron chi connectivity index (χ0n) is 7.26. The molecular formula is C8H5BrCl2N4. The average molecular weight is 308 g/mol. The van der Waals surface area contributed by atoms with E-state index >= 15 is 0 Å². The van der Waals surface area contributed by atoms with Gasteiger partial charge in [0.25, 0.3) is 0 Å². The van der Waals surface area contributed by atoms with Gasteiger partial charge >= 0.3 is 0 Å². The highest BCUT2D eigenvalue weighted by atomic mass is 79.9. The van der Waals surface area contributed by atoms with Gasteiger partial charge in [-0.15, -0.1) is 5.10 Å². The second-order valence-electron chi connectivity index (χ2n) is 2.74. The van der Waals surface area contributed by atoms with Gasteiger partial charge < -0.3 is 5.32 Å². The number of benzene rings is 1. The molecule has 2 N–H and O–H groups in total. The number of H-pyrrole nitrogens is 1. The van der Waals surface area contributed by atoms with Gasteiger partial charge in [0, 0.05) is 15.7 Å². The summed E-state index contributed by atoms with van der Waals surface area (Å²) in [5.41, 5.74) is 0.746. The van der Waals surface area contributed by atoms with Crippen LogP contribution in [0.15, 0.2) is 22.9 Å². The highest BCUT2D eigenvalue weighted by Crippen LogP contribution is 2.24. The van der Waals surface area contributed by atoms with Crippen LogP contribution in [0.25, 0.3) is 0 Å². The van der Waals surface area contributed by atoms with Crippen molar-refractivity contribution in [1.82, 2.24) is 15.2 Å². The van der Waals surface area contributed by atoms with E-state index in [1.165, 1.54) is 0 Å². The summed E-state index contributed by atoms with van der Waals surface area (Å²) in [5, 5.41) is 10.6. The summed E-state index contributed by atoms with van der Waals surface area (Å²) in [4.78, 5) is 4.02. The minimum Gasteiger partial charge on any atom is -0.324 e. The Morgan fingerprint density at radius 1 is 1.20 bits per heavy atom. The highest BCUT2D eigenvalue weighted by molar-refractivity contribution is 9.10. The van der Waals surface area contributed by atoms with Gasteiger partial charge in [0.05, 0.1) is 0 Å². The zero-order valence-corrected chi connectivity index (χ0v) is 10.4. The van der Waals surface area contributed by atoms with Crippen molar-refractivity contribution in [3.8, 4) is 0 Å². The molecule has 1 aromatic heterocycles. The standard InChI is InChI=1S/C8H5BrCl2N4/c9-7-13-8(15-14-7)12-6-2-4(10)1-5(11)3-6/h1-3H,(H2,12,13,14,15). The van der Waals surface area contributed by atoms with Gasteiger partial charge in [0.15, 0.2) is 0 Å². The third-order valence-electron chi connectivity index (χ3n) is 1.58. The van der Waals surface area contributed by atoms with Crippen LogP contribution in [-0.4, -0.2) is 15.2 Å². The molecule has 0 aliphatic rings. The lowest BCUT2D eigenvalue weighted by Gasteiger charge is -2.03. The molecule has 0 spiro atoms. The fourth-order valence-electron chi connectivity index (χ4n) is 1.06. The molecule has 2 rings (SSSR count). The lowest BCUT2D eigenvalue weighted by atomic mass is 10.3. The Morgan fingerprint density at radius 2 is 1.87 bits per heavy atom. The molecule has 0 aliphatic heterocycles. The van der Waals surface area contributed by atoms with E-state index in [0.29, 0.717) is 20.7 Å². The van der Waals surface area contributed by atoms with Crippen LogP contribution in [0.1, 0.15) is 0 Å².